The van der Waals surface area contributed by atoms with Gasteiger partial charge in [-0.05, 0) is 37.0 Å². The average molecular weight is 404 g/mol. The van der Waals surface area contributed by atoms with E-state index in [1.54, 1.807) is 0 Å². The molecule has 1 amide bonds. The van der Waals surface area contributed by atoms with E-state index in [1.807, 2.05) is 24.3 Å². The van der Waals surface area contributed by atoms with Crippen LogP contribution in [0.3, 0.4) is 0 Å². The minimum Gasteiger partial charge on any atom is -0.466 e. The van der Waals surface area contributed by atoms with Crippen molar-refractivity contribution in [2.24, 2.45) is 0 Å². The normalized spacial score (nSPS) is 10.7. The van der Waals surface area contributed by atoms with Crippen LogP contribution in [0.5, 0.6) is 0 Å². The van der Waals surface area contributed by atoms with Crippen LogP contribution < -0.4 is 5.32 Å². The van der Waals surface area contributed by atoms with Crippen LogP contribution in [0.1, 0.15) is 103 Å². The van der Waals surface area contributed by atoms with Crippen molar-refractivity contribution < 1.29 is 14.3 Å². The molecule has 29 heavy (non-hydrogen) atoms. The molecule has 0 aliphatic carbocycles. The van der Waals surface area contributed by atoms with Gasteiger partial charge in [0.1, 0.15) is 0 Å². The van der Waals surface area contributed by atoms with Gasteiger partial charge in [-0.25, -0.2) is 0 Å². The van der Waals surface area contributed by atoms with Gasteiger partial charge in [-0.1, -0.05) is 83.8 Å². The third-order valence-corrected chi connectivity index (χ3v) is 5.19. The molecule has 4 heteroatoms. The summed E-state index contributed by atoms with van der Waals surface area (Å²) in [6, 6.07) is 7.86. The minimum atomic E-state index is -0.193. The fourth-order valence-electron chi connectivity index (χ4n) is 3.29. The predicted octanol–water partition coefficient (Wildman–Crippen LogP) is 6.82. The highest BCUT2D eigenvalue weighted by Crippen LogP contribution is 2.12. The first-order valence-corrected chi connectivity index (χ1v) is 11.7. The highest BCUT2D eigenvalue weighted by atomic mass is 16.5. The molecule has 1 aromatic carbocycles. The Kier molecular flexibility index (Phi) is 14.8. The van der Waals surface area contributed by atoms with Crippen LogP contribution in [-0.2, 0) is 20.7 Å². The number of amides is 1. The number of hydrogen-bond donors (Lipinski definition) is 1. The number of aryl methyl sites for hydroxylation is 1. The van der Waals surface area contributed by atoms with Crippen LogP contribution in [0.2, 0.25) is 0 Å². The molecule has 0 heterocycles. The second-order valence-electron chi connectivity index (χ2n) is 7.85. The number of carbonyl (C=O) groups is 2. The molecule has 1 aromatic rings. The monoisotopic (exact) mass is 403 g/mol. The lowest BCUT2D eigenvalue weighted by Gasteiger charge is -2.07. The molecule has 0 aliphatic heterocycles. The van der Waals surface area contributed by atoms with Crippen molar-refractivity contribution in [3.63, 3.8) is 0 Å². The number of carbonyl (C=O) groups excluding carboxylic acids is 2. The summed E-state index contributed by atoms with van der Waals surface area (Å²) in [6.45, 7) is 4.85. The van der Waals surface area contributed by atoms with E-state index in [0.717, 1.165) is 24.9 Å². The topological polar surface area (TPSA) is 55.4 Å². The number of esters is 1. The van der Waals surface area contributed by atoms with E-state index in [-0.39, 0.29) is 11.9 Å². The molecular weight excluding hydrogens is 362 g/mol. The van der Waals surface area contributed by atoms with Crippen molar-refractivity contribution in [2.75, 3.05) is 11.9 Å². The van der Waals surface area contributed by atoms with Gasteiger partial charge in [0.25, 0.3) is 0 Å². The summed E-state index contributed by atoms with van der Waals surface area (Å²) in [5.74, 6) is -0.252. The molecule has 0 bridgehead atoms. The molecule has 0 fully saturated rings. The Morgan fingerprint density at radius 3 is 1.93 bits per heavy atom. The van der Waals surface area contributed by atoms with Crippen molar-refractivity contribution in [1.29, 1.82) is 0 Å². The number of unbranched alkanes of at least 4 members (excludes halogenated alkanes) is 9. The summed E-state index contributed by atoms with van der Waals surface area (Å²) in [6.07, 6.45) is 14.8. The van der Waals surface area contributed by atoms with Crippen LogP contribution >= 0.6 is 0 Å². The van der Waals surface area contributed by atoms with Crippen molar-refractivity contribution >= 4 is 17.6 Å². The van der Waals surface area contributed by atoms with Crippen LogP contribution in [0.15, 0.2) is 24.3 Å². The molecule has 0 saturated carbocycles. The SMILES string of the molecule is CCCCCCCCCCCCOC(=O)CCCC(=O)Nc1ccc(CC)cc1. The van der Waals surface area contributed by atoms with Crippen molar-refractivity contribution in [1.82, 2.24) is 0 Å². The zero-order valence-electron chi connectivity index (χ0n) is 18.6. The molecule has 0 unspecified atom stereocenters. The molecule has 4 nitrogen and oxygen atoms in total. The standard InChI is InChI=1S/C25H41NO3/c1-3-5-6-7-8-9-10-11-12-13-21-29-25(28)16-14-15-24(27)26-23-19-17-22(4-2)18-20-23/h17-20H,3-16,21H2,1-2H3,(H,26,27). The van der Waals surface area contributed by atoms with E-state index in [4.69, 9.17) is 4.74 Å². The molecule has 0 aromatic heterocycles. The van der Waals surface area contributed by atoms with E-state index in [1.165, 1.54) is 56.9 Å². The molecule has 0 spiro atoms. The zero-order valence-corrected chi connectivity index (χ0v) is 18.6. The first-order valence-electron chi connectivity index (χ1n) is 11.7. The largest absolute Gasteiger partial charge is 0.466 e. The highest BCUT2D eigenvalue weighted by molar-refractivity contribution is 5.90. The van der Waals surface area contributed by atoms with Gasteiger partial charge in [0.15, 0.2) is 0 Å². The third-order valence-electron chi connectivity index (χ3n) is 5.19. The summed E-state index contributed by atoms with van der Waals surface area (Å²) in [5.41, 5.74) is 2.05. The molecule has 0 radical (unpaired) electrons. The maximum absolute atomic E-state index is 11.9. The Bertz CT molecular complexity index is 554. The lowest BCUT2D eigenvalue weighted by molar-refractivity contribution is -0.143. The molecule has 1 N–H and O–H groups in total. The molecule has 1 rings (SSSR count). The van der Waals surface area contributed by atoms with Gasteiger partial charge >= 0.3 is 5.97 Å². The van der Waals surface area contributed by atoms with Crippen LogP contribution in [0.4, 0.5) is 5.69 Å². The minimum absolute atomic E-state index is 0.0586. The lowest BCUT2D eigenvalue weighted by atomic mass is 10.1. The third kappa shape index (κ3) is 13.9. The maximum Gasteiger partial charge on any atom is 0.305 e. The van der Waals surface area contributed by atoms with Gasteiger partial charge in [0.05, 0.1) is 6.61 Å². The summed E-state index contributed by atoms with van der Waals surface area (Å²) in [5, 5.41) is 2.87. The van der Waals surface area contributed by atoms with E-state index in [0.29, 0.717) is 25.9 Å². The van der Waals surface area contributed by atoms with E-state index >= 15 is 0 Å². The summed E-state index contributed by atoms with van der Waals surface area (Å²) in [4.78, 5) is 23.7. The Morgan fingerprint density at radius 2 is 1.34 bits per heavy atom. The van der Waals surface area contributed by atoms with Gasteiger partial charge in [-0.2, -0.15) is 0 Å². The number of ether oxygens (including phenoxy) is 1. The number of hydrogen-bond acceptors (Lipinski definition) is 3. The fourth-order valence-corrected chi connectivity index (χ4v) is 3.29. The van der Waals surface area contributed by atoms with Crippen molar-refractivity contribution in [2.45, 2.75) is 104 Å². The van der Waals surface area contributed by atoms with Gasteiger partial charge < -0.3 is 10.1 Å². The van der Waals surface area contributed by atoms with E-state index in [9.17, 15) is 9.59 Å². The van der Waals surface area contributed by atoms with E-state index < -0.39 is 0 Å². The fraction of sp³-hybridized carbons (Fsp3) is 0.680. The number of nitrogens with one attached hydrogen (secondary N) is 1. The Hall–Kier alpha value is -1.84. The highest BCUT2D eigenvalue weighted by Gasteiger charge is 2.07. The zero-order chi connectivity index (χ0) is 21.2. The van der Waals surface area contributed by atoms with Gasteiger partial charge in [-0.3, -0.25) is 9.59 Å². The molecule has 0 atom stereocenters. The number of rotatable bonds is 17. The first-order chi connectivity index (χ1) is 14.2. The van der Waals surface area contributed by atoms with Crippen LogP contribution in [0.25, 0.3) is 0 Å². The van der Waals surface area contributed by atoms with E-state index in [2.05, 4.69) is 19.2 Å². The summed E-state index contributed by atoms with van der Waals surface area (Å²) in [7, 11) is 0. The maximum atomic E-state index is 11.9. The van der Waals surface area contributed by atoms with Crippen LogP contribution in [-0.4, -0.2) is 18.5 Å². The van der Waals surface area contributed by atoms with Gasteiger partial charge in [-0.15, -0.1) is 0 Å². The molecule has 0 saturated heterocycles. The second kappa shape index (κ2) is 17.1. The lowest BCUT2D eigenvalue weighted by Crippen LogP contribution is -2.12. The van der Waals surface area contributed by atoms with Crippen molar-refractivity contribution in [3.8, 4) is 0 Å². The Labute approximate surface area is 177 Å². The second-order valence-corrected chi connectivity index (χ2v) is 7.85. The Balaban J connectivity index is 1.93. The van der Waals surface area contributed by atoms with Crippen molar-refractivity contribution in [3.05, 3.63) is 29.8 Å². The molecule has 0 aliphatic rings. The number of anilines is 1. The number of benzene rings is 1. The molecular formula is C25H41NO3. The first kappa shape index (κ1) is 25.2. The quantitative estimate of drug-likeness (QED) is 0.229. The average Bonchev–Trinajstić information content (AvgIpc) is 2.72. The summed E-state index contributed by atoms with van der Waals surface area (Å²) >= 11 is 0. The van der Waals surface area contributed by atoms with Gasteiger partial charge in [0.2, 0.25) is 5.91 Å². The molecule has 164 valence electrons. The summed E-state index contributed by atoms with van der Waals surface area (Å²) < 4.78 is 5.27. The Morgan fingerprint density at radius 1 is 0.759 bits per heavy atom. The van der Waals surface area contributed by atoms with Gasteiger partial charge in [0, 0.05) is 18.5 Å². The van der Waals surface area contributed by atoms with Crippen LogP contribution in [0, 0.1) is 0 Å². The smallest absolute Gasteiger partial charge is 0.305 e. The predicted molar refractivity (Wildman–Crippen MR) is 121 cm³/mol.